The Kier molecular flexibility index (Phi) is 5.14. The fourth-order valence-electron chi connectivity index (χ4n) is 3.26. The first-order valence-corrected chi connectivity index (χ1v) is 8.99. The molecule has 0 unspecified atom stereocenters. The van der Waals surface area contributed by atoms with E-state index in [-0.39, 0.29) is 18.0 Å². The highest BCUT2D eigenvalue weighted by atomic mass is 79.9. The number of carbonyl (C=O) groups is 1. The van der Waals surface area contributed by atoms with E-state index in [1.165, 1.54) is 18.2 Å². The summed E-state index contributed by atoms with van der Waals surface area (Å²) >= 11 is 3.25. The lowest BCUT2D eigenvalue weighted by Crippen LogP contribution is -2.29. The number of hydrogen-bond donors (Lipinski definition) is 2. The molecule has 2 aromatic heterocycles. The van der Waals surface area contributed by atoms with Gasteiger partial charge in [0.05, 0.1) is 5.56 Å². The number of hydrogen-bond acceptors (Lipinski definition) is 3. The Bertz CT molecular complexity index is 812. The highest BCUT2D eigenvalue weighted by Gasteiger charge is 2.18. The van der Waals surface area contributed by atoms with E-state index in [2.05, 4.69) is 31.2 Å². The number of halogens is 1. The maximum absolute atomic E-state index is 12.4. The molecule has 24 heavy (non-hydrogen) atoms. The average Bonchev–Trinajstić information content (AvgIpc) is 2.81. The van der Waals surface area contributed by atoms with Crippen molar-refractivity contribution in [3.8, 4) is 0 Å². The number of fused-ring (bicyclic) bond motifs is 1. The van der Waals surface area contributed by atoms with E-state index < -0.39 is 0 Å². The van der Waals surface area contributed by atoms with Crippen LogP contribution in [0.3, 0.4) is 0 Å². The Morgan fingerprint density at radius 2 is 2.00 bits per heavy atom. The molecule has 0 atom stereocenters. The quantitative estimate of drug-likeness (QED) is 0.625. The number of aromatic amines is 1. The van der Waals surface area contributed by atoms with Crippen molar-refractivity contribution in [2.24, 2.45) is 0 Å². The molecule has 0 spiro atoms. The maximum atomic E-state index is 12.4. The van der Waals surface area contributed by atoms with Gasteiger partial charge in [-0.3, -0.25) is 9.59 Å². The van der Waals surface area contributed by atoms with Gasteiger partial charge in [-0.1, -0.05) is 6.42 Å². The summed E-state index contributed by atoms with van der Waals surface area (Å²) in [6, 6.07) is 3.42. The number of nitrogens with zero attached hydrogens (tertiary/aromatic N) is 1. The molecule has 3 rings (SSSR count). The third-order valence-electron chi connectivity index (χ3n) is 4.53. The lowest BCUT2D eigenvalue weighted by molar-refractivity contribution is 0.0950. The van der Waals surface area contributed by atoms with Gasteiger partial charge in [0.2, 0.25) is 0 Å². The number of aryl methyl sites for hydroxylation is 1. The Hall–Kier alpha value is -1.95. The molecule has 1 aliphatic carbocycles. The molecule has 0 radical (unpaired) electrons. The number of H-pyrrole nitrogens is 1. The van der Waals surface area contributed by atoms with Crippen molar-refractivity contribution in [3.63, 3.8) is 0 Å². The smallest absolute Gasteiger partial charge is 0.253 e. The fourth-order valence-corrected chi connectivity index (χ4v) is 3.49. The molecule has 1 amide bonds. The van der Waals surface area contributed by atoms with Crippen LogP contribution in [0.4, 0.5) is 0 Å². The standard InChI is InChI=1S/C18H20BrN3O2/c1-11-13-5-3-2-4-6-14(13)15(18(24)22-11)10-21-17(23)12-7-8-16(19)20-9-12/h7-9H,2-6,10H2,1H3,(H,21,23)(H,22,24). The van der Waals surface area contributed by atoms with Gasteiger partial charge in [-0.25, -0.2) is 4.98 Å². The molecule has 0 saturated carbocycles. The van der Waals surface area contributed by atoms with Crippen molar-refractivity contribution in [3.05, 3.63) is 61.2 Å². The number of carbonyl (C=O) groups excluding carboxylic acids is 1. The molecule has 2 N–H and O–H groups in total. The zero-order valence-electron chi connectivity index (χ0n) is 13.6. The number of rotatable bonds is 3. The van der Waals surface area contributed by atoms with Crippen LogP contribution >= 0.6 is 15.9 Å². The molecule has 1 aliphatic rings. The van der Waals surface area contributed by atoms with E-state index in [1.807, 2.05) is 6.92 Å². The zero-order valence-corrected chi connectivity index (χ0v) is 15.2. The van der Waals surface area contributed by atoms with Crippen molar-refractivity contribution >= 4 is 21.8 Å². The van der Waals surface area contributed by atoms with Crippen LogP contribution in [-0.2, 0) is 19.4 Å². The van der Waals surface area contributed by atoms with Crippen molar-refractivity contribution in [2.45, 2.75) is 45.6 Å². The molecule has 0 aromatic carbocycles. The van der Waals surface area contributed by atoms with E-state index in [9.17, 15) is 9.59 Å². The van der Waals surface area contributed by atoms with Crippen molar-refractivity contribution in [2.75, 3.05) is 0 Å². The molecular formula is C18H20BrN3O2. The molecule has 5 nitrogen and oxygen atoms in total. The van der Waals surface area contributed by atoms with Crippen LogP contribution in [-0.4, -0.2) is 15.9 Å². The van der Waals surface area contributed by atoms with Gasteiger partial charge in [-0.05, 0) is 71.8 Å². The van der Waals surface area contributed by atoms with Crippen molar-refractivity contribution in [1.29, 1.82) is 0 Å². The van der Waals surface area contributed by atoms with Crippen molar-refractivity contribution < 1.29 is 4.79 Å². The van der Waals surface area contributed by atoms with Crippen LogP contribution in [0.15, 0.2) is 27.7 Å². The summed E-state index contributed by atoms with van der Waals surface area (Å²) in [4.78, 5) is 31.7. The average molecular weight is 390 g/mol. The number of pyridine rings is 2. The minimum Gasteiger partial charge on any atom is -0.348 e. The zero-order chi connectivity index (χ0) is 17.1. The second-order valence-corrected chi connectivity index (χ2v) is 6.94. The minimum atomic E-state index is -0.225. The van der Waals surface area contributed by atoms with Gasteiger partial charge >= 0.3 is 0 Å². The third kappa shape index (κ3) is 3.59. The molecule has 2 aromatic rings. The number of nitrogens with one attached hydrogen (secondary N) is 2. The second-order valence-electron chi connectivity index (χ2n) is 6.13. The van der Waals surface area contributed by atoms with Gasteiger partial charge < -0.3 is 10.3 Å². The van der Waals surface area contributed by atoms with Crippen LogP contribution in [0.2, 0.25) is 0 Å². The first-order valence-electron chi connectivity index (χ1n) is 8.19. The summed E-state index contributed by atoms with van der Waals surface area (Å²) in [6.07, 6.45) is 6.84. The van der Waals surface area contributed by atoms with Gasteiger partial charge in [0.1, 0.15) is 4.60 Å². The highest BCUT2D eigenvalue weighted by molar-refractivity contribution is 9.10. The van der Waals surface area contributed by atoms with Gasteiger partial charge in [0, 0.05) is 24.0 Å². The second kappa shape index (κ2) is 7.30. The van der Waals surface area contributed by atoms with Crippen LogP contribution in [0.25, 0.3) is 0 Å². The predicted octanol–water partition coefficient (Wildman–Crippen LogP) is 3.04. The van der Waals surface area contributed by atoms with E-state index >= 15 is 0 Å². The third-order valence-corrected chi connectivity index (χ3v) is 4.99. The van der Waals surface area contributed by atoms with Crippen LogP contribution in [0.5, 0.6) is 0 Å². The van der Waals surface area contributed by atoms with Gasteiger partial charge in [0.25, 0.3) is 11.5 Å². The normalized spacial score (nSPS) is 13.9. The SMILES string of the molecule is Cc1[nH]c(=O)c(CNC(=O)c2ccc(Br)nc2)c2c1CCCCC2. The summed E-state index contributed by atoms with van der Waals surface area (Å²) in [5.74, 6) is -0.225. The van der Waals surface area contributed by atoms with E-state index in [0.717, 1.165) is 36.9 Å². The lowest BCUT2D eigenvalue weighted by Gasteiger charge is -2.15. The Morgan fingerprint density at radius 1 is 1.25 bits per heavy atom. The molecule has 0 bridgehead atoms. The van der Waals surface area contributed by atoms with Crippen LogP contribution in [0.1, 0.15) is 52.0 Å². The summed E-state index contributed by atoms with van der Waals surface area (Å²) in [5, 5.41) is 2.85. The largest absolute Gasteiger partial charge is 0.348 e. The summed E-state index contributed by atoms with van der Waals surface area (Å²) in [7, 11) is 0. The molecule has 126 valence electrons. The number of amides is 1. The predicted molar refractivity (Wildman–Crippen MR) is 96.2 cm³/mol. The Morgan fingerprint density at radius 3 is 2.71 bits per heavy atom. The first kappa shape index (κ1) is 16.9. The lowest BCUT2D eigenvalue weighted by atomic mass is 9.97. The summed E-state index contributed by atoms with van der Waals surface area (Å²) in [5.41, 5.74) is 4.42. The van der Waals surface area contributed by atoms with E-state index in [4.69, 9.17) is 0 Å². The summed E-state index contributed by atoms with van der Waals surface area (Å²) < 4.78 is 0.680. The number of aromatic nitrogens is 2. The molecule has 6 heteroatoms. The van der Waals surface area contributed by atoms with E-state index in [0.29, 0.717) is 15.7 Å². The maximum Gasteiger partial charge on any atom is 0.253 e. The van der Waals surface area contributed by atoms with Crippen molar-refractivity contribution in [1.82, 2.24) is 15.3 Å². The van der Waals surface area contributed by atoms with Crippen LogP contribution < -0.4 is 10.9 Å². The fraction of sp³-hybridized carbons (Fsp3) is 0.389. The monoisotopic (exact) mass is 389 g/mol. The van der Waals surface area contributed by atoms with E-state index in [1.54, 1.807) is 12.1 Å². The van der Waals surface area contributed by atoms with Gasteiger partial charge in [0.15, 0.2) is 0 Å². The molecule has 0 saturated heterocycles. The van der Waals surface area contributed by atoms with Gasteiger partial charge in [-0.2, -0.15) is 0 Å². The first-order chi connectivity index (χ1) is 11.6. The topological polar surface area (TPSA) is 74.8 Å². The van der Waals surface area contributed by atoms with Gasteiger partial charge in [-0.15, -0.1) is 0 Å². The molecule has 0 aliphatic heterocycles. The molecule has 0 fully saturated rings. The Labute approximate surface area is 149 Å². The molecular weight excluding hydrogens is 370 g/mol. The summed E-state index contributed by atoms with van der Waals surface area (Å²) in [6.45, 7) is 2.20. The minimum absolute atomic E-state index is 0.0950. The Balaban J connectivity index is 1.83. The van der Waals surface area contributed by atoms with Crippen LogP contribution in [0, 0.1) is 6.92 Å². The highest BCUT2D eigenvalue weighted by Crippen LogP contribution is 2.23. The molecule has 2 heterocycles.